The second-order valence-corrected chi connectivity index (χ2v) is 5.57. The van der Waals surface area contributed by atoms with Crippen molar-refractivity contribution in [1.29, 1.82) is 0 Å². The monoisotopic (exact) mass is 279 g/mol. The van der Waals surface area contributed by atoms with Gasteiger partial charge in [0, 0.05) is 31.3 Å². The Labute approximate surface area is 118 Å². The normalized spacial score (nSPS) is 12.5. The molecule has 5 heteroatoms. The minimum Gasteiger partial charge on any atom is -0.383 e. The maximum absolute atomic E-state index is 5.02. The molecule has 0 amide bonds. The second-order valence-electron chi connectivity index (χ2n) is 4.74. The summed E-state index contributed by atoms with van der Waals surface area (Å²) in [6.07, 6.45) is 2.22. The van der Waals surface area contributed by atoms with Crippen molar-refractivity contribution in [1.82, 2.24) is 14.7 Å². The molecule has 104 valence electrons. The van der Waals surface area contributed by atoms with E-state index in [1.165, 1.54) is 17.0 Å². The number of hydrogen-bond donors (Lipinski definition) is 1. The number of nitrogens with one attached hydrogen (secondary N) is 1. The van der Waals surface area contributed by atoms with Gasteiger partial charge in [-0.15, -0.1) is 11.3 Å². The summed E-state index contributed by atoms with van der Waals surface area (Å²) in [5, 5.41) is 5.50. The third kappa shape index (κ3) is 3.23. The molecule has 2 rings (SSSR count). The summed E-state index contributed by atoms with van der Waals surface area (Å²) in [4.78, 5) is 5.66. The summed E-state index contributed by atoms with van der Waals surface area (Å²) in [5.41, 5.74) is 4.82. The van der Waals surface area contributed by atoms with Crippen molar-refractivity contribution in [2.45, 2.75) is 20.8 Å². The van der Waals surface area contributed by atoms with Crippen LogP contribution in [-0.2, 0) is 4.74 Å². The Morgan fingerprint density at radius 1 is 1.53 bits per heavy atom. The molecule has 19 heavy (non-hydrogen) atoms. The average Bonchev–Trinajstić information content (AvgIpc) is 2.87. The summed E-state index contributed by atoms with van der Waals surface area (Å²) in [7, 11) is 1.72. The Morgan fingerprint density at radius 3 is 3.05 bits per heavy atom. The van der Waals surface area contributed by atoms with E-state index in [-0.39, 0.29) is 0 Å². The summed E-state index contributed by atoms with van der Waals surface area (Å²) < 4.78 is 7.24. The van der Waals surface area contributed by atoms with Gasteiger partial charge < -0.3 is 10.1 Å². The molecule has 4 nitrogen and oxygen atoms in total. The van der Waals surface area contributed by atoms with E-state index in [0.29, 0.717) is 0 Å². The lowest BCUT2D eigenvalue weighted by molar-refractivity contribution is 0.200. The van der Waals surface area contributed by atoms with Crippen LogP contribution in [0.25, 0.3) is 11.0 Å². The molecule has 0 aliphatic rings. The summed E-state index contributed by atoms with van der Waals surface area (Å²) in [5.74, 6) is 0. The van der Waals surface area contributed by atoms with Gasteiger partial charge in [0.2, 0.25) is 0 Å². The van der Waals surface area contributed by atoms with Gasteiger partial charge in [-0.1, -0.05) is 5.57 Å². The van der Waals surface area contributed by atoms with Crippen LogP contribution in [0, 0.1) is 13.8 Å². The molecule has 1 N–H and O–H groups in total. The van der Waals surface area contributed by atoms with Gasteiger partial charge >= 0.3 is 0 Å². The molecule has 0 aromatic carbocycles. The second kappa shape index (κ2) is 6.32. The van der Waals surface area contributed by atoms with E-state index < -0.39 is 0 Å². The zero-order valence-electron chi connectivity index (χ0n) is 12.0. The molecule has 2 aromatic rings. The number of ether oxygens (including phenoxy) is 1. The Bertz CT molecular complexity index is 583. The Hall–Kier alpha value is -1.17. The van der Waals surface area contributed by atoms with Gasteiger partial charge in [-0.3, -0.25) is 4.40 Å². The molecule has 0 bridgehead atoms. The highest BCUT2D eigenvalue weighted by atomic mass is 32.1. The number of imidazole rings is 1. The van der Waals surface area contributed by atoms with Gasteiger partial charge in [0.1, 0.15) is 0 Å². The predicted octanol–water partition coefficient (Wildman–Crippen LogP) is 2.65. The minimum absolute atomic E-state index is 0.743. The van der Waals surface area contributed by atoms with E-state index in [1.807, 2.05) is 0 Å². The highest BCUT2D eigenvalue weighted by Crippen LogP contribution is 2.22. The maximum atomic E-state index is 5.02. The Kier molecular flexibility index (Phi) is 4.74. The molecule has 0 aliphatic heterocycles. The lowest BCUT2D eigenvalue weighted by atomic mass is 10.2. The van der Waals surface area contributed by atoms with Crippen molar-refractivity contribution in [2.24, 2.45) is 0 Å². The number of fused-ring (bicyclic) bond motifs is 1. The lowest BCUT2D eigenvalue weighted by Crippen LogP contribution is -2.20. The van der Waals surface area contributed by atoms with Gasteiger partial charge in [-0.2, -0.15) is 0 Å². The SMILES string of the molecule is COCCNCC(C)=Cc1c(C)nc2scc(C)n12. The molecule has 0 radical (unpaired) electrons. The van der Waals surface area contributed by atoms with E-state index in [2.05, 4.69) is 46.9 Å². The van der Waals surface area contributed by atoms with Gasteiger partial charge in [-0.05, 0) is 26.8 Å². The molecule has 0 aliphatic carbocycles. The Balaban J connectivity index is 2.15. The van der Waals surface area contributed by atoms with Gasteiger partial charge in [0.05, 0.1) is 18.0 Å². The fourth-order valence-corrected chi connectivity index (χ4v) is 2.96. The molecule has 0 atom stereocenters. The average molecular weight is 279 g/mol. The van der Waals surface area contributed by atoms with Crippen LogP contribution in [0.4, 0.5) is 0 Å². The van der Waals surface area contributed by atoms with Gasteiger partial charge in [-0.25, -0.2) is 4.98 Å². The number of aryl methyl sites for hydroxylation is 2. The van der Waals surface area contributed by atoms with E-state index in [0.717, 1.165) is 30.4 Å². The molecule has 0 fully saturated rings. The summed E-state index contributed by atoms with van der Waals surface area (Å²) >= 11 is 1.69. The number of hydrogen-bond acceptors (Lipinski definition) is 4. The highest BCUT2D eigenvalue weighted by molar-refractivity contribution is 7.15. The van der Waals surface area contributed by atoms with Crippen LogP contribution in [0.5, 0.6) is 0 Å². The number of nitrogens with zero attached hydrogens (tertiary/aromatic N) is 2. The first-order valence-electron chi connectivity index (χ1n) is 6.43. The number of thiazole rings is 1. The van der Waals surface area contributed by atoms with E-state index in [1.54, 1.807) is 18.4 Å². The predicted molar refractivity (Wildman–Crippen MR) is 80.9 cm³/mol. The van der Waals surface area contributed by atoms with Crippen LogP contribution < -0.4 is 5.32 Å². The molecule has 2 aromatic heterocycles. The van der Waals surface area contributed by atoms with Crippen molar-refractivity contribution in [3.8, 4) is 0 Å². The van der Waals surface area contributed by atoms with Crippen molar-refractivity contribution in [2.75, 3.05) is 26.8 Å². The summed E-state index contributed by atoms with van der Waals surface area (Å²) in [6.45, 7) is 8.82. The fraction of sp³-hybridized carbons (Fsp3) is 0.500. The van der Waals surface area contributed by atoms with Crippen molar-refractivity contribution in [3.63, 3.8) is 0 Å². The molecule has 0 spiro atoms. The minimum atomic E-state index is 0.743. The van der Waals surface area contributed by atoms with Gasteiger partial charge in [0.25, 0.3) is 0 Å². The first-order chi connectivity index (χ1) is 9.13. The van der Waals surface area contributed by atoms with Crippen LogP contribution in [0.1, 0.15) is 24.0 Å². The maximum Gasteiger partial charge on any atom is 0.194 e. The standard InChI is InChI=1S/C14H21N3OS/c1-10(8-15-5-6-18-4)7-13-12(3)16-14-17(13)11(2)9-19-14/h7,9,15H,5-6,8H2,1-4H3. The largest absolute Gasteiger partial charge is 0.383 e. The van der Waals surface area contributed by atoms with Crippen LogP contribution in [-0.4, -0.2) is 36.2 Å². The third-order valence-electron chi connectivity index (χ3n) is 3.02. The smallest absolute Gasteiger partial charge is 0.194 e. The van der Waals surface area contributed by atoms with Crippen LogP contribution >= 0.6 is 11.3 Å². The number of methoxy groups -OCH3 is 1. The molecule has 2 heterocycles. The third-order valence-corrected chi connectivity index (χ3v) is 3.97. The van der Waals surface area contributed by atoms with Crippen LogP contribution in [0.2, 0.25) is 0 Å². The lowest BCUT2D eigenvalue weighted by Gasteiger charge is -2.05. The highest BCUT2D eigenvalue weighted by Gasteiger charge is 2.10. The van der Waals surface area contributed by atoms with E-state index >= 15 is 0 Å². The van der Waals surface area contributed by atoms with E-state index in [9.17, 15) is 0 Å². The molecular formula is C14H21N3OS. The number of rotatable bonds is 6. The Morgan fingerprint density at radius 2 is 2.32 bits per heavy atom. The molecule has 0 saturated heterocycles. The van der Waals surface area contributed by atoms with Crippen molar-refractivity contribution < 1.29 is 4.74 Å². The first kappa shape index (κ1) is 14.2. The molecule has 0 unspecified atom stereocenters. The topological polar surface area (TPSA) is 38.6 Å². The zero-order valence-corrected chi connectivity index (χ0v) is 12.8. The van der Waals surface area contributed by atoms with Crippen molar-refractivity contribution >= 4 is 22.4 Å². The van der Waals surface area contributed by atoms with E-state index in [4.69, 9.17) is 4.74 Å². The zero-order chi connectivity index (χ0) is 13.8. The molecule has 0 saturated carbocycles. The van der Waals surface area contributed by atoms with Gasteiger partial charge in [0.15, 0.2) is 4.96 Å². The van der Waals surface area contributed by atoms with Crippen LogP contribution in [0.15, 0.2) is 11.0 Å². The van der Waals surface area contributed by atoms with Crippen molar-refractivity contribution in [3.05, 3.63) is 28.0 Å². The summed E-state index contributed by atoms with van der Waals surface area (Å²) in [6, 6.07) is 0. The number of aromatic nitrogens is 2. The first-order valence-corrected chi connectivity index (χ1v) is 7.31. The molecular weight excluding hydrogens is 258 g/mol. The van der Waals surface area contributed by atoms with Crippen LogP contribution in [0.3, 0.4) is 0 Å². The quantitative estimate of drug-likeness (QED) is 0.826. The fourth-order valence-electron chi connectivity index (χ4n) is 2.04.